The zero-order valence-corrected chi connectivity index (χ0v) is 12.1. The highest BCUT2D eigenvalue weighted by atomic mass is 16.4. The van der Waals surface area contributed by atoms with Crippen molar-refractivity contribution in [2.24, 2.45) is 0 Å². The molecule has 6 nitrogen and oxygen atoms in total. The van der Waals surface area contributed by atoms with Crippen LogP contribution < -0.4 is 10.2 Å². The first-order valence-electron chi connectivity index (χ1n) is 7.08. The van der Waals surface area contributed by atoms with Crippen LogP contribution >= 0.6 is 0 Å². The van der Waals surface area contributed by atoms with Crippen LogP contribution in [0, 0.1) is 0 Å². The SMILES string of the molecule is O=C(O)c1cccc(N2C(=O)C[C@@H](Nc3ccccc3)C2=O)c1. The van der Waals surface area contributed by atoms with Crippen molar-refractivity contribution >= 4 is 29.2 Å². The van der Waals surface area contributed by atoms with Crippen molar-refractivity contribution in [3.63, 3.8) is 0 Å². The van der Waals surface area contributed by atoms with Gasteiger partial charge in [0.25, 0.3) is 5.91 Å². The van der Waals surface area contributed by atoms with Crippen molar-refractivity contribution in [2.75, 3.05) is 10.2 Å². The number of nitrogens with zero attached hydrogens (tertiary/aromatic N) is 1. The number of carboxylic acid groups (broad SMARTS) is 1. The number of carboxylic acids is 1. The van der Waals surface area contributed by atoms with Gasteiger partial charge in [-0.1, -0.05) is 24.3 Å². The van der Waals surface area contributed by atoms with E-state index in [2.05, 4.69) is 5.32 Å². The molecule has 0 bridgehead atoms. The zero-order valence-electron chi connectivity index (χ0n) is 12.1. The summed E-state index contributed by atoms with van der Waals surface area (Å²) in [4.78, 5) is 36.8. The molecule has 1 saturated heterocycles. The van der Waals surface area contributed by atoms with E-state index in [-0.39, 0.29) is 29.5 Å². The van der Waals surface area contributed by atoms with Crippen LogP contribution in [-0.4, -0.2) is 28.9 Å². The molecular weight excluding hydrogens is 296 g/mol. The maximum Gasteiger partial charge on any atom is 0.335 e. The molecule has 1 aliphatic rings. The molecule has 6 heteroatoms. The van der Waals surface area contributed by atoms with Crippen molar-refractivity contribution in [1.29, 1.82) is 0 Å². The lowest BCUT2D eigenvalue weighted by atomic mass is 10.2. The molecule has 3 rings (SSSR count). The number of carbonyl (C=O) groups excluding carboxylic acids is 2. The number of nitrogens with one attached hydrogen (secondary N) is 1. The fourth-order valence-corrected chi connectivity index (χ4v) is 2.53. The molecule has 2 aromatic carbocycles. The maximum atomic E-state index is 12.5. The Morgan fingerprint density at radius 1 is 1.09 bits per heavy atom. The Labute approximate surface area is 132 Å². The third-order valence-corrected chi connectivity index (χ3v) is 3.61. The molecule has 1 aliphatic heterocycles. The van der Waals surface area contributed by atoms with Crippen molar-refractivity contribution in [2.45, 2.75) is 12.5 Å². The summed E-state index contributed by atoms with van der Waals surface area (Å²) < 4.78 is 0. The smallest absolute Gasteiger partial charge is 0.335 e. The Kier molecular flexibility index (Phi) is 3.80. The summed E-state index contributed by atoms with van der Waals surface area (Å²) in [5.41, 5.74) is 1.06. The first-order valence-corrected chi connectivity index (χ1v) is 7.08. The summed E-state index contributed by atoms with van der Waals surface area (Å²) in [5, 5.41) is 12.1. The van der Waals surface area contributed by atoms with E-state index in [0.29, 0.717) is 0 Å². The second-order valence-electron chi connectivity index (χ2n) is 5.19. The van der Waals surface area contributed by atoms with Crippen molar-refractivity contribution in [3.8, 4) is 0 Å². The van der Waals surface area contributed by atoms with Gasteiger partial charge >= 0.3 is 5.97 Å². The van der Waals surface area contributed by atoms with Gasteiger partial charge in [0.05, 0.1) is 17.7 Å². The van der Waals surface area contributed by atoms with Gasteiger partial charge in [-0.3, -0.25) is 9.59 Å². The highest BCUT2D eigenvalue weighted by Gasteiger charge is 2.39. The first-order chi connectivity index (χ1) is 11.1. The Balaban J connectivity index is 1.84. The van der Waals surface area contributed by atoms with Crippen LogP contribution in [0.25, 0.3) is 0 Å². The molecule has 23 heavy (non-hydrogen) atoms. The monoisotopic (exact) mass is 310 g/mol. The van der Waals surface area contributed by atoms with Gasteiger partial charge in [-0.05, 0) is 30.3 Å². The number of amides is 2. The molecule has 1 atom stereocenters. The largest absolute Gasteiger partial charge is 0.478 e. The minimum Gasteiger partial charge on any atom is -0.478 e. The number of rotatable bonds is 4. The molecular formula is C17H14N2O4. The van der Waals surface area contributed by atoms with E-state index in [9.17, 15) is 14.4 Å². The highest BCUT2D eigenvalue weighted by Crippen LogP contribution is 2.25. The molecule has 0 saturated carbocycles. The fourth-order valence-electron chi connectivity index (χ4n) is 2.53. The van der Waals surface area contributed by atoms with Crippen LogP contribution in [0.5, 0.6) is 0 Å². The lowest BCUT2D eigenvalue weighted by Crippen LogP contribution is -2.34. The number of hydrogen-bond donors (Lipinski definition) is 2. The third kappa shape index (κ3) is 2.91. The minimum atomic E-state index is -1.11. The summed E-state index contributed by atoms with van der Waals surface area (Å²) in [7, 11) is 0. The van der Waals surface area contributed by atoms with Crippen LogP contribution in [0.15, 0.2) is 54.6 Å². The minimum absolute atomic E-state index is 0.0302. The molecule has 0 aromatic heterocycles. The lowest BCUT2D eigenvalue weighted by molar-refractivity contribution is -0.121. The van der Waals surface area contributed by atoms with Gasteiger partial charge in [0.1, 0.15) is 6.04 Å². The normalized spacial score (nSPS) is 17.4. The topological polar surface area (TPSA) is 86.7 Å². The fraction of sp³-hybridized carbons (Fsp3) is 0.118. The predicted octanol–water partition coefficient (Wildman–Crippen LogP) is 2.13. The Bertz CT molecular complexity index is 773. The van der Waals surface area contributed by atoms with E-state index in [1.165, 1.54) is 18.2 Å². The first kappa shape index (κ1) is 14.8. The number of para-hydroxylation sites is 1. The van der Waals surface area contributed by atoms with Gasteiger partial charge in [0.15, 0.2) is 0 Å². The summed E-state index contributed by atoms with van der Waals surface area (Å²) in [6.45, 7) is 0. The molecule has 1 heterocycles. The summed E-state index contributed by atoms with van der Waals surface area (Å²) in [5.74, 6) is -1.85. The predicted molar refractivity (Wildman–Crippen MR) is 84.4 cm³/mol. The lowest BCUT2D eigenvalue weighted by Gasteiger charge is -2.16. The van der Waals surface area contributed by atoms with Gasteiger partial charge in [-0.15, -0.1) is 0 Å². The van der Waals surface area contributed by atoms with E-state index in [4.69, 9.17) is 5.11 Å². The van der Waals surface area contributed by atoms with Crippen LogP contribution in [0.4, 0.5) is 11.4 Å². The number of benzene rings is 2. The maximum absolute atomic E-state index is 12.5. The molecule has 0 spiro atoms. The number of imide groups is 1. The number of carbonyl (C=O) groups is 3. The Morgan fingerprint density at radius 3 is 2.52 bits per heavy atom. The Morgan fingerprint density at radius 2 is 1.83 bits per heavy atom. The molecule has 2 aromatic rings. The van der Waals surface area contributed by atoms with E-state index >= 15 is 0 Å². The quantitative estimate of drug-likeness (QED) is 0.845. The van der Waals surface area contributed by atoms with E-state index in [1.807, 2.05) is 30.3 Å². The molecule has 2 amide bonds. The number of hydrogen-bond acceptors (Lipinski definition) is 4. The third-order valence-electron chi connectivity index (χ3n) is 3.61. The Hall–Kier alpha value is -3.15. The van der Waals surface area contributed by atoms with Crippen molar-refractivity contribution in [3.05, 3.63) is 60.2 Å². The second-order valence-corrected chi connectivity index (χ2v) is 5.19. The van der Waals surface area contributed by atoms with Crippen LogP contribution in [0.1, 0.15) is 16.8 Å². The molecule has 2 N–H and O–H groups in total. The summed E-state index contributed by atoms with van der Waals surface area (Å²) in [6, 6.07) is 14.3. The highest BCUT2D eigenvalue weighted by molar-refractivity contribution is 6.23. The molecule has 116 valence electrons. The van der Waals surface area contributed by atoms with Crippen molar-refractivity contribution < 1.29 is 19.5 Å². The van der Waals surface area contributed by atoms with Gasteiger partial charge in [0.2, 0.25) is 5.91 Å². The summed E-state index contributed by atoms with van der Waals surface area (Å²) in [6.07, 6.45) is 0.0328. The van der Waals surface area contributed by atoms with Gasteiger partial charge in [-0.25, -0.2) is 9.69 Å². The number of anilines is 2. The van der Waals surface area contributed by atoms with E-state index in [0.717, 1.165) is 10.6 Å². The van der Waals surface area contributed by atoms with E-state index < -0.39 is 12.0 Å². The second kappa shape index (κ2) is 5.92. The van der Waals surface area contributed by atoms with Gasteiger partial charge in [0, 0.05) is 5.69 Å². The standard InChI is InChI=1S/C17H14N2O4/c20-15-10-14(18-12-6-2-1-3-7-12)16(21)19(15)13-8-4-5-11(9-13)17(22)23/h1-9,14,18H,10H2,(H,22,23)/t14-/m1/s1. The number of aromatic carboxylic acids is 1. The van der Waals surface area contributed by atoms with Crippen LogP contribution in [0.2, 0.25) is 0 Å². The average Bonchev–Trinajstić information content (AvgIpc) is 2.82. The van der Waals surface area contributed by atoms with Crippen LogP contribution in [-0.2, 0) is 9.59 Å². The van der Waals surface area contributed by atoms with Crippen LogP contribution in [0.3, 0.4) is 0 Å². The molecule has 0 radical (unpaired) electrons. The average molecular weight is 310 g/mol. The molecule has 0 aliphatic carbocycles. The van der Waals surface area contributed by atoms with Gasteiger partial charge in [-0.2, -0.15) is 0 Å². The van der Waals surface area contributed by atoms with Crippen molar-refractivity contribution in [1.82, 2.24) is 0 Å². The summed E-state index contributed by atoms with van der Waals surface area (Å²) >= 11 is 0. The van der Waals surface area contributed by atoms with Gasteiger partial charge < -0.3 is 10.4 Å². The van der Waals surface area contributed by atoms with E-state index in [1.54, 1.807) is 6.07 Å². The molecule has 0 unspecified atom stereocenters. The zero-order chi connectivity index (χ0) is 16.4. The molecule has 1 fully saturated rings.